The molecule has 1 heterocycles. The van der Waals surface area contributed by atoms with Crippen molar-refractivity contribution in [1.82, 2.24) is 4.90 Å². The van der Waals surface area contributed by atoms with Crippen LogP contribution < -0.4 is 5.32 Å². The normalized spacial score (nSPS) is 14.5. The van der Waals surface area contributed by atoms with E-state index in [4.69, 9.17) is 0 Å². The summed E-state index contributed by atoms with van der Waals surface area (Å²) in [6.45, 7) is 8.22. The fraction of sp³-hybridized carbons (Fsp3) is 0.238. The monoisotopic (exact) mass is 334 g/mol. The van der Waals surface area contributed by atoms with Crippen molar-refractivity contribution in [3.05, 3.63) is 70.4 Å². The fourth-order valence-electron chi connectivity index (χ4n) is 2.93. The van der Waals surface area contributed by atoms with Gasteiger partial charge >= 0.3 is 0 Å². The van der Waals surface area contributed by atoms with E-state index in [1.165, 1.54) is 10.5 Å². The number of rotatable bonds is 4. The van der Waals surface area contributed by atoms with Gasteiger partial charge in [-0.05, 0) is 56.5 Å². The summed E-state index contributed by atoms with van der Waals surface area (Å²) in [4.78, 5) is 26.8. The molecule has 1 aliphatic rings. The number of likely N-dealkylation sites (N-methyl/N-ethyl adjacent to an activating group) is 1. The van der Waals surface area contributed by atoms with Gasteiger partial charge in [0.2, 0.25) is 0 Å². The van der Waals surface area contributed by atoms with Crippen molar-refractivity contribution < 1.29 is 9.59 Å². The summed E-state index contributed by atoms with van der Waals surface area (Å²) < 4.78 is 0. The number of imide groups is 1. The van der Waals surface area contributed by atoms with Crippen LogP contribution in [0.4, 0.5) is 5.69 Å². The summed E-state index contributed by atoms with van der Waals surface area (Å²) in [6.07, 6.45) is 0. The molecule has 0 fully saturated rings. The third-order valence-corrected chi connectivity index (χ3v) is 4.60. The molecule has 1 aliphatic heterocycles. The van der Waals surface area contributed by atoms with Crippen molar-refractivity contribution in [3.63, 3.8) is 0 Å². The van der Waals surface area contributed by atoms with Crippen LogP contribution in [0.5, 0.6) is 0 Å². The minimum Gasteiger partial charge on any atom is -0.350 e. The van der Waals surface area contributed by atoms with E-state index >= 15 is 0 Å². The van der Waals surface area contributed by atoms with Crippen molar-refractivity contribution >= 4 is 23.1 Å². The number of nitrogens with one attached hydrogen (secondary N) is 1. The van der Waals surface area contributed by atoms with Gasteiger partial charge in [-0.2, -0.15) is 0 Å². The van der Waals surface area contributed by atoms with Crippen molar-refractivity contribution in [2.24, 2.45) is 0 Å². The Labute approximate surface area is 148 Å². The number of anilines is 1. The molecule has 25 heavy (non-hydrogen) atoms. The number of benzene rings is 2. The second-order valence-corrected chi connectivity index (χ2v) is 6.39. The summed E-state index contributed by atoms with van der Waals surface area (Å²) in [5.41, 5.74) is 5.77. The Balaban J connectivity index is 2.08. The molecule has 0 saturated heterocycles. The van der Waals surface area contributed by atoms with E-state index < -0.39 is 0 Å². The Morgan fingerprint density at radius 2 is 1.56 bits per heavy atom. The van der Waals surface area contributed by atoms with E-state index in [0.717, 1.165) is 22.4 Å². The average molecular weight is 334 g/mol. The minimum atomic E-state index is -0.277. The van der Waals surface area contributed by atoms with Crippen molar-refractivity contribution in [2.75, 3.05) is 11.9 Å². The number of carbonyl (C=O) groups is 2. The van der Waals surface area contributed by atoms with Crippen LogP contribution in [0.15, 0.2) is 48.2 Å². The van der Waals surface area contributed by atoms with Crippen LogP contribution in [0.3, 0.4) is 0 Å². The summed E-state index contributed by atoms with van der Waals surface area (Å²) >= 11 is 0. The zero-order valence-electron chi connectivity index (χ0n) is 15.0. The highest BCUT2D eigenvalue weighted by atomic mass is 16.2. The Morgan fingerprint density at radius 3 is 2.16 bits per heavy atom. The van der Waals surface area contributed by atoms with Gasteiger partial charge < -0.3 is 5.32 Å². The lowest BCUT2D eigenvalue weighted by Gasteiger charge is -2.12. The summed E-state index contributed by atoms with van der Waals surface area (Å²) in [5.74, 6) is -0.524. The number of aryl methyl sites for hydroxylation is 3. The summed E-state index contributed by atoms with van der Waals surface area (Å²) in [5, 5.41) is 3.18. The molecule has 0 aromatic heterocycles. The molecule has 0 radical (unpaired) electrons. The molecular weight excluding hydrogens is 312 g/mol. The largest absolute Gasteiger partial charge is 0.350 e. The second-order valence-electron chi connectivity index (χ2n) is 6.39. The molecule has 128 valence electrons. The third-order valence-electron chi connectivity index (χ3n) is 4.60. The quantitative estimate of drug-likeness (QED) is 0.865. The first-order valence-corrected chi connectivity index (χ1v) is 8.44. The van der Waals surface area contributed by atoms with Crippen LogP contribution in [0.25, 0.3) is 5.57 Å². The highest BCUT2D eigenvalue weighted by Crippen LogP contribution is 2.30. The molecule has 0 aliphatic carbocycles. The van der Waals surface area contributed by atoms with Crippen molar-refractivity contribution in [1.29, 1.82) is 0 Å². The molecule has 2 aromatic carbocycles. The molecule has 4 nitrogen and oxygen atoms in total. The highest BCUT2D eigenvalue weighted by molar-refractivity contribution is 6.36. The molecule has 1 N–H and O–H groups in total. The number of hydrogen-bond donors (Lipinski definition) is 1. The second kappa shape index (κ2) is 6.55. The van der Waals surface area contributed by atoms with Gasteiger partial charge in [-0.1, -0.05) is 35.9 Å². The van der Waals surface area contributed by atoms with Gasteiger partial charge in [-0.3, -0.25) is 14.5 Å². The van der Waals surface area contributed by atoms with Crippen LogP contribution in [0.2, 0.25) is 0 Å². The maximum Gasteiger partial charge on any atom is 0.278 e. The minimum absolute atomic E-state index is 0.248. The maximum atomic E-state index is 12.8. The predicted octanol–water partition coefficient (Wildman–Crippen LogP) is 3.82. The highest BCUT2D eigenvalue weighted by Gasteiger charge is 2.38. The molecule has 2 amide bonds. The molecule has 3 rings (SSSR count). The zero-order chi connectivity index (χ0) is 18.1. The molecule has 0 spiro atoms. The van der Waals surface area contributed by atoms with Gasteiger partial charge in [0.05, 0.1) is 5.57 Å². The molecular formula is C21H22N2O2. The number of amides is 2. The van der Waals surface area contributed by atoms with E-state index in [2.05, 4.69) is 5.32 Å². The predicted molar refractivity (Wildman–Crippen MR) is 100 cm³/mol. The van der Waals surface area contributed by atoms with Crippen molar-refractivity contribution in [2.45, 2.75) is 27.7 Å². The first-order chi connectivity index (χ1) is 11.9. The molecule has 0 bridgehead atoms. The number of carbonyl (C=O) groups excluding carboxylic acids is 2. The lowest BCUT2D eigenvalue weighted by molar-refractivity contribution is -0.136. The van der Waals surface area contributed by atoms with Gasteiger partial charge in [-0.15, -0.1) is 0 Å². The van der Waals surface area contributed by atoms with Gasteiger partial charge in [0.25, 0.3) is 11.8 Å². The SMILES string of the molecule is CCN1C(=O)C(Nc2ccc(C)c(C)c2)=C(c2ccc(C)cc2)C1=O. The van der Waals surface area contributed by atoms with E-state index in [0.29, 0.717) is 17.8 Å². The Bertz CT molecular complexity index is 879. The molecule has 0 atom stereocenters. The number of hydrogen-bond acceptors (Lipinski definition) is 3. The molecule has 0 saturated carbocycles. The Morgan fingerprint density at radius 1 is 0.880 bits per heavy atom. The van der Waals surface area contributed by atoms with Gasteiger partial charge in [0.1, 0.15) is 5.70 Å². The number of nitrogens with zero attached hydrogens (tertiary/aromatic N) is 1. The van der Waals surface area contributed by atoms with E-state index in [-0.39, 0.29) is 11.8 Å². The van der Waals surface area contributed by atoms with Crippen LogP contribution in [-0.2, 0) is 9.59 Å². The van der Waals surface area contributed by atoms with Gasteiger partial charge in [0, 0.05) is 12.2 Å². The van der Waals surface area contributed by atoms with Crippen LogP contribution >= 0.6 is 0 Å². The van der Waals surface area contributed by atoms with Crippen LogP contribution in [0, 0.1) is 20.8 Å². The lowest BCUT2D eigenvalue weighted by Crippen LogP contribution is -2.32. The molecule has 4 heteroatoms. The molecule has 0 unspecified atom stereocenters. The van der Waals surface area contributed by atoms with E-state index in [1.54, 1.807) is 0 Å². The fourth-order valence-corrected chi connectivity index (χ4v) is 2.93. The van der Waals surface area contributed by atoms with E-state index in [9.17, 15) is 9.59 Å². The van der Waals surface area contributed by atoms with Gasteiger partial charge in [0.15, 0.2) is 0 Å². The Hall–Kier alpha value is -2.88. The first kappa shape index (κ1) is 17.0. The van der Waals surface area contributed by atoms with Crippen molar-refractivity contribution in [3.8, 4) is 0 Å². The lowest BCUT2D eigenvalue weighted by atomic mass is 10.0. The average Bonchev–Trinajstić information content (AvgIpc) is 2.82. The first-order valence-electron chi connectivity index (χ1n) is 8.44. The summed E-state index contributed by atoms with van der Waals surface area (Å²) in [6, 6.07) is 13.6. The van der Waals surface area contributed by atoms with Gasteiger partial charge in [-0.25, -0.2) is 0 Å². The molecule has 2 aromatic rings. The topological polar surface area (TPSA) is 49.4 Å². The smallest absolute Gasteiger partial charge is 0.278 e. The summed E-state index contributed by atoms with van der Waals surface area (Å²) in [7, 11) is 0. The zero-order valence-corrected chi connectivity index (χ0v) is 15.0. The third kappa shape index (κ3) is 3.07. The van der Waals surface area contributed by atoms with Crippen LogP contribution in [0.1, 0.15) is 29.2 Å². The standard InChI is InChI=1S/C21H22N2O2/c1-5-23-20(24)18(16-9-6-13(2)7-10-16)19(21(23)25)22-17-11-8-14(3)15(4)12-17/h6-12,22H,5H2,1-4H3. The van der Waals surface area contributed by atoms with E-state index in [1.807, 2.05) is 70.2 Å². The van der Waals surface area contributed by atoms with Crippen LogP contribution in [-0.4, -0.2) is 23.3 Å². The maximum absolute atomic E-state index is 12.8. The Kier molecular flexibility index (Phi) is 4.45.